The number of imidazole rings is 1. The second kappa shape index (κ2) is 6.16. The van der Waals surface area contributed by atoms with E-state index in [2.05, 4.69) is 26.2 Å². The molecule has 0 N–H and O–H groups in total. The Hall–Kier alpha value is -1.40. The molecule has 0 atom stereocenters. The van der Waals surface area contributed by atoms with E-state index >= 15 is 0 Å². The number of carbonyl (C=O) groups excluding carboxylic acids is 1. The van der Waals surface area contributed by atoms with Gasteiger partial charge in [-0.15, -0.1) is 11.3 Å². The lowest BCUT2D eigenvalue weighted by Crippen LogP contribution is -2.03. The molecule has 7 heteroatoms. The number of nitrogens with zero attached hydrogens (tertiary/aromatic N) is 3. The second-order valence-corrected chi connectivity index (χ2v) is 5.37. The minimum Gasteiger partial charge on any atom is -0.465 e. The van der Waals surface area contributed by atoms with Crippen molar-refractivity contribution in [3.8, 4) is 0 Å². The zero-order chi connectivity index (χ0) is 13.8. The number of hydrogen-bond acceptors (Lipinski definition) is 5. The smallest absolute Gasteiger partial charge is 0.351 e. The third kappa shape index (κ3) is 3.13. The van der Waals surface area contributed by atoms with Gasteiger partial charge in [-0.1, -0.05) is 18.5 Å². The van der Waals surface area contributed by atoms with Gasteiger partial charge >= 0.3 is 5.97 Å². The monoisotopic (exact) mass is 299 g/mol. The zero-order valence-electron chi connectivity index (χ0n) is 10.7. The Kier molecular flexibility index (Phi) is 4.55. The average molecular weight is 300 g/mol. The van der Waals surface area contributed by atoms with Crippen LogP contribution in [-0.4, -0.2) is 27.6 Å². The highest BCUT2D eigenvalue weighted by atomic mass is 35.5. The molecule has 0 aromatic carbocycles. The van der Waals surface area contributed by atoms with Crippen LogP contribution in [0.4, 0.5) is 0 Å². The van der Waals surface area contributed by atoms with Crippen LogP contribution in [0.2, 0.25) is 5.15 Å². The first-order valence-electron chi connectivity index (χ1n) is 5.89. The Morgan fingerprint density at radius 1 is 1.58 bits per heavy atom. The van der Waals surface area contributed by atoms with Crippen LogP contribution in [0.5, 0.6) is 0 Å². The fraction of sp³-hybridized carbons (Fsp3) is 0.417. The Balaban J connectivity index is 2.19. The number of halogens is 1. The number of thiazole rings is 1. The number of hydrogen-bond donors (Lipinski definition) is 0. The van der Waals surface area contributed by atoms with E-state index < -0.39 is 5.97 Å². The van der Waals surface area contributed by atoms with E-state index in [0.29, 0.717) is 11.3 Å². The molecule has 0 fully saturated rings. The Bertz CT molecular complexity index is 579. The lowest BCUT2D eigenvalue weighted by molar-refractivity contribution is 0.0606. The topological polar surface area (TPSA) is 57.0 Å². The minimum atomic E-state index is -0.453. The fourth-order valence-electron chi connectivity index (χ4n) is 1.72. The van der Waals surface area contributed by atoms with E-state index in [9.17, 15) is 4.79 Å². The molecule has 2 aromatic rings. The van der Waals surface area contributed by atoms with Crippen molar-refractivity contribution in [1.82, 2.24) is 14.5 Å². The van der Waals surface area contributed by atoms with Crippen LogP contribution in [0.25, 0.3) is 0 Å². The largest absolute Gasteiger partial charge is 0.465 e. The minimum absolute atomic E-state index is 0.195. The molecule has 19 heavy (non-hydrogen) atoms. The van der Waals surface area contributed by atoms with Crippen molar-refractivity contribution in [2.24, 2.45) is 0 Å². The van der Waals surface area contributed by atoms with E-state index in [4.69, 9.17) is 11.6 Å². The molecule has 0 radical (unpaired) electrons. The highest BCUT2D eigenvalue weighted by Gasteiger charge is 2.18. The molecule has 2 heterocycles. The Morgan fingerprint density at radius 2 is 2.37 bits per heavy atom. The summed E-state index contributed by atoms with van der Waals surface area (Å²) in [6.45, 7) is 3.03. The van der Waals surface area contributed by atoms with Crippen molar-refractivity contribution >= 4 is 28.9 Å². The molecular weight excluding hydrogens is 286 g/mol. The van der Waals surface area contributed by atoms with Gasteiger partial charge in [0.15, 0.2) is 10.0 Å². The number of rotatable bonds is 5. The van der Waals surface area contributed by atoms with Gasteiger partial charge in [0.25, 0.3) is 0 Å². The lowest BCUT2D eigenvalue weighted by atomic mass is 10.4. The molecule has 0 aliphatic rings. The van der Waals surface area contributed by atoms with E-state index in [-0.39, 0.29) is 5.15 Å². The Labute approximate surface area is 120 Å². The molecule has 0 unspecified atom stereocenters. The Morgan fingerprint density at radius 3 is 3.05 bits per heavy atom. The molecule has 0 aliphatic carbocycles. The third-order valence-corrected chi connectivity index (χ3v) is 4.00. The van der Waals surface area contributed by atoms with E-state index in [0.717, 1.165) is 23.8 Å². The summed E-state index contributed by atoms with van der Waals surface area (Å²) in [6, 6.07) is 0. The first-order chi connectivity index (χ1) is 9.15. The maximum atomic E-state index is 11.5. The lowest BCUT2D eigenvalue weighted by Gasteiger charge is -2.03. The molecule has 5 nitrogen and oxygen atoms in total. The molecule has 2 rings (SSSR count). The van der Waals surface area contributed by atoms with Crippen molar-refractivity contribution in [3.63, 3.8) is 0 Å². The molecule has 0 amide bonds. The van der Waals surface area contributed by atoms with Gasteiger partial charge < -0.3 is 9.30 Å². The van der Waals surface area contributed by atoms with Crippen molar-refractivity contribution in [2.45, 2.75) is 26.3 Å². The van der Waals surface area contributed by atoms with Crippen LogP contribution in [-0.2, 0) is 17.7 Å². The highest BCUT2D eigenvalue weighted by molar-refractivity contribution is 7.14. The first kappa shape index (κ1) is 14.0. The number of esters is 1. The SMILES string of the molecule is CCCn1ccnc1Cc1nc(Cl)c(C(=O)OC)s1. The zero-order valence-corrected chi connectivity index (χ0v) is 12.3. The molecule has 102 valence electrons. The summed E-state index contributed by atoms with van der Waals surface area (Å²) in [5, 5.41) is 0.953. The van der Waals surface area contributed by atoms with E-state index in [1.54, 1.807) is 6.20 Å². The third-order valence-electron chi connectivity index (χ3n) is 2.58. The number of aromatic nitrogens is 3. The molecular formula is C12H14ClN3O2S. The number of aryl methyl sites for hydroxylation is 1. The summed E-state index contributed by atoms with van der Waals surface area (Å²) in [5.41, 5.74) is 0. The standard InChI is InChI=1S/C12H14ClN3O2S/c1-3-5-16-6-4-14-8(16)7-9-15-11(13)10(19-9)12(17)18-2/h4,6H,3,5,7H2,1-2H3. The number of ether oxygens (including phenoxy) is 1. The number of methoxy groups -OCH3 is 1. The van der Waals surface area contributed by atoms with Crippen LogP contribution in [0.15, 0.2) is 12.4 Å². The molecule has 0 saturated heterocycles. The van der Waals surface area contributed by atoms with Gasteiger partial charge in [0.05, 0.1) is 13.5 Å². The summed E-state index contributed by atoms with van der Waals surface area (Å²) in [4.78, 5) is 20.3. The van der Waals surface area contributed by atoms with Crippen molar-refractivity contribution in [2.75, 3.05) is 7.11 Å². The van der Waals surface area contributed by atoms with Gasteiger partial charge in [0, 0.05) is 18.9 Å². The van der Waals surface area contributed by atoms with Crippen LogP contribution in [0, 0.1) is 0 Å². The quantitative estimate of drug-likeness (QED) is 0.797. The fourth-order valence-corrected chi connectivity index (χ4v) is 2.94. The van der Waals surface area contributed by atoms with Crippen molar-refractivity contribution in [1.29, 1.82) is 0 Å². The molecule has 0 saturated carbocycles. The van der Waals surface area contributed by atoms with Gasteiger partial charge in [0.1, 0.15) is 10.8 Å². The molecule has 0 bridgehead atoms. The van der Waals surface area contributed by atoms with Gasteiger partial charge in [-0.05, 0) is 6.42 Å². The maximum absolute atomic E-state index is 11.5. The second-order valence-electron chi connectivity index (χ2n) is 3.93. The van der Waals surface area contributed by atoms with E-state index in [1.165, 1.54) is 18.4 Å². The van der Waals surface area contributed by atoms with Gasteiger partial charge in [-0.3, -0.25) is 0 Å². The van der Waals surface area contributed by atoms with Crippen LogP contribution in [0.3, 0.4) is 0 Å². The summed E-state index contributed by atoms with van der Waals surface area (Å²) >= 11 is 7.18. The molecule has 2 aromatic heterocycles. The first-order valence-corrected chi connectivity index (χ1v) is 7.08. The van der Waals surface area contributed by atoms with Crippen molar-refractivity contribution in [3.05, 3.63) is 33.3 Å². The number of carbonyl (C=O) groups is 1. The van der Waals surface area contributed by atoms with Crippen LogP contribution in [0.1, 0.15) is 33.8 Å². The van der Waals surface area contributed by atoms with E-state index in [1.807, 2.05) is 6.20 Å². The van der Waals surface area contributed by atoms with Gasteiger partial charge in [-0.2, -0.15) is 0 Å². The molecule has 0 spiro atoms. The summed E-state index contributed by atoms with van der Waals surface area (Å²) < 4.78 is 6.73. The normalized spacial score (nSPS) is 10.7. The van der Waals surface area contributed by atoms with Crippen LogP contribution >= 0.6 is 22.9 Å². The predicted octanol–water partition coefficient (Wildman–Crippen LogP) is 2.78. The average Bonchev–Trinajstić information content (AvgIpc) is 2.97. The predicted molar refractivity (Wildman–Crippen MR) is 73.8 cm³/mol. The summed E-state index contributed by atoms with van der Waals surface area (Å²) in [7, 11) is 1.33. The van der Waals surface area contributed by atoms with Gasteiger partial charge in [0.2, 0.25) is 0 Å². The highest BCUT2D eigenvalue weighted by Crippen LogP contribution is 2.25. The van der Waals surface area contributed by atoms with Crippen LogP contribution < -0.4 is 0 Å². The van der Waals surface area contributed by atoms with Gasteiger partial charge in [-0.25, -0.2) is 14.8 Å². The summed E-state index contributed by atoms with van der Waals surface area (Å²) in [6.07, 6.45) is 5.31. The van der Waals surface area contributed by atoms with Crippen molar-refractivity contribution < 1.29 is 9.53 Å². The summed E-state index contributed by atoms with van der Waals surface area (Å²) in [5.74, 6) is 0.467. The maximum Gasteiger partial charge on any atom is 0.351 e. The molecule has 0 aliphatic heterocycles.